The molecule has 0 saturated heterocycles. The number of hydrogen-bond acceptors (Lipinski definition) is 4. The summed E-state index contributed by atoms with van der Waals surface area (Å²) in [6, 6.07) is -0.492. The summed E-state index contributed by atoms with van der Waals surface area (Å²) in [5, 5.41) is 10.4. The van der Waals surface area contributed by atoms with E-state index >= 15 is 0 Å². The van der Waals surface area contributed by atoms with Gasteiger partial charge in [-0.1, -0.05) is 6.08 Å². The van der Waals surface area contributed by atoms with Crippen LogP contribution < -0.4 is 5.73 Å². The Morgan fingerprint density at radius 3 is 2.85 bits per heavy atom. The molecular weight excluding hydrogens is 172 g/mol. The van der Waals surface area contributed by atoms with Gasteiger partial charge in [0.15, 0.2) is 0 Å². The summed E-state index contributed by atoms with van der Waals surface area (Å²) >= 11 is 0. The summed E-state index contributed by atoms with van der Waals surface area (Å²) in [5.41, 5.74) is 4.55. The van der Waals surface area contributed by atoms with E-state index in [-0.39, 0.29) is 5.70 Å². The van der Waals surface area contributed by atoms with Crippen LogP contribution in [0.1, 0.15) is 6.92 Å². The quantitative estimate of drug-likeness (QED) is 0.376. The maximum Gasteiger partial charge on any atom is 0.266 e. The third-order valence-electron chi connectivity index (χ3n) is 2.12. The lowest BCUT2D eigenvalue weighted by Crippen LogP contribution is -2.40. The van der Waals surface area contributed by atoms with Gasteiger partial charge in [-0.05, 0) is 6.92 Å². The van der Waals surface area contributed by atoms with Gasteiger partial charge in [0, 0.05) is 18.2 Å². The van der Waals surface area contributed by atoms with E-state index in [1.807, 2.05) is 0 Å². The van der Waals surface area contributed by atoms with Crippen LogP contribution in [0.2, 0.25) is 0 Å². The molecule has 0 aromatic carbocycles. The highest BCUT2D eigenvalue weighted by Gasteiger charge is 2.33. The highest BCUT2D eigenvalue weighted by Crippen LogP contribution is 2.26. The van der Waals surface area contributed by atoms with Crippen LogP contribution in [0.25, 0.3) is 0 Å². The second-order valence-electron chi connectivity index (χ2n) is 3.20. The van der Waals surface area contributed by atoms with E-state index in [2.05, 4.69) is 0 Å². The van der Waals surface area contributed by atoms with Crippen molar-refractivity contribution in [1.82, 2.24) is 0 Å². The Morgan fingerprint density at radius 2 is 2.38 bits per heavy atom. The molecule has 5 nitrogen and oxygen atoms in total. The monoisotopic (exact) mass is 182 g/mol. The average Bonchev–Trinajstić information content (AvgIpc) is 2.09. The van der Waals surface area contributed by atoms with Crippen LogP contribution in [-0.4, -0.2) is 17.3 Å². The molecule has 13 heavy (non-hydrogen) atoms. The molecule has 0 aromatic rings. The van der Waals surface area contributed by atoms with Crippen LogP contribution in [0.15, 0.2) is 23.9 Å². The zero-order valence-electron chi connectivity index (χ0n) is 7.14. The average molecular weight is 182 g/mol. The summed E-state index contributed by atoms with van der Waals surface area (Å²) < 4.78 is 0. The molecule has 2 N–H and O–H groups in total. The SMILES string of the molecule is CC1(C=O)C=C([N+](=O)[O-])C=CC1N. The van der Waals surface area contributed by atoms with E-state index in [0.717, 1.165) is 0 Å². The standard InChI is InChI=1S/C8H10N2O3/c1-8(5-11)4-6(10(12)13)2-3-7(8)9/h2-5,7H,9H2,1H3. The Bertz CT molecular complexity index is 309. The van der Waals surface area contributed by atoms with Crippen molar-refractivity contribution < 1.29 is 9.72 Å². The number of carbonyl (C=O) groups is 1. The molecule has 0 saturated carbocycles. The van der Waals surface area contributed by atoms with E-state index < -0.39 is 16.4 Å². The Kier molecular flexibility index (Phi) is 2.29. The minimum Gasteiger partial charge on any atom is -0.323 e. The molecule has 2 unspecified atom stereocenters. The third-order valence-corrected chi connectivity index (χ3v) is 2.12. The Morgan fingerprint density at radius 1 is 1.77 bits per heavy atom. The molecule has 0 aliphatic heterocycles. The number of nitrogens with two attached hydrogens (primary N) is 1. The summed E-state index contributed by atoms with van der Waals surface area (Å²) in [6.07, 6.45) is 4.69. The predicted octanol–water partition coefficient (Wildman–Crippen LogP) is 0.249. The minimum atomic E-state index is -0.961. The lowest BCUT2D eigenvalue weighted by Gasteiger charge is -2.25. The van der Waals surface area contributed by atoms with Gasteiger partial charge in [-0.15, -0.1) is 0 Å². The number of rotatable bonds is 2. The van der Waals surface area contributed by atoms with E-state index in [1.54, 1.807) is 6.92 Å². The second-order valence-corrected chi connectivity index (χ2v) is 3.20. The molecule has 2 atom stereocenters. The van der Waals surface area contributed by atoms with Crippen LogP contribution in [0.3, 0.4) is 0 Å². The normalized spacial score (nSPS) is 32.5. The number of aldehydes is 1. The van der Waals surface area contributed by atoms with Crippen molar-refractivity contribution in [2.75, 3.05) is 0 Å². The highest BCUT2D eigenvalue weighted by molar-refractivity contribution is 5.65. The minimum absolute atomic E-state index is 0.0868. The van der Waals surface area contributed by atoms with Gasteiger partial charge in [-0.3, -0.25) is 10.1 Å². The van der Waals surface area contributed by atoms with E-state index in [1.165, 1.54) is 18.2 Å². The molecule has 0 aromatic heterocycles. The number of allylic oxidation sites excluding steroid dienone is 1. The molecule has 1 aliphatic rings. The van der Waals surface area contributed by atoms with Gasteiger partial charge in [0.25, 0.3) is 5.70 Å². The van der Waals surface area contributed by atoms with Crippen molar-refractivity contribution in [3.63, 3.8) is 0 Å². The predicted molar refractivity (Wildman–Crippen MR) is 46.4 cm³/mol. The van der Waals surface area contributed by atoms with Gasteiger partial charge in [0.05, 0.1) is 10.3 Å². The van der Waals surface area contributed by atoms with Crippen molar-refractivity contribution in [2.24, 2.45) is 11.1 Å². The van der Waals surface area contributed by atoms with Gasteiger partial charge in [0.2, 0.25) is 0 Å². The van der Waals surface area contributed by atoms with Gasteiger partial charge in [-0.25, -0.2) is 0 Å². The molecule has 1 rings (SSSR count). The van der Waals surface area contributed by atoms with E-state index in [0.29, 0.717) is 6.29 Å². The Balaban J connectivity index is 3.07. The molecule has 0 radical (unpaired) electrons. The molecule has 0 heterocycles. The molecule has 0 amide bonds. The molecule has 70 valence electrons. The first-order valence-electron chi connectivity index (χ1n) is 3.77. The molecule has 0 fully saturated rings. The van der Waals surface area contributed by atoms with Gasteiger partial charge in [-0.2, -0.15) is 0 Å². The van der Waals surface area contributed by atoms with E-state index in [4.69, 9.17) is 5.73 Å². The van der Waals surface area contributed by atoms with Crippen LogP contribution >= 0.6 is 0 Å². The Hall–Kier alpha value is -1.49. The fourth-order valence-electron chi connectivity index (χ4n) is 1.10. The van der Waals surface area contributed by atoms with E-state index in [9.17, 15) is 14.9 Å². The maximum atomic E-state index is 10.7. The first-order valence-corrected chi connectivity index (χ1v) is 3.77. The maximum absolute atomic E-state index is 10.7. The molecule has 0 spiro atoms. The largest absolute Gasteiger partial charge is 0.323 e. The molecule has 1 aliphatic carbocycles. The third kappa shape index (κ3) is 1.65. The first-order chi connectivity index (χ1) is 5.99. The fraction of sp³-hybridized carbons (Fsp3) is 0.375. The van der Waals surface area contributed by atoms with Crippen molar-refractivity contribution in [3.8, 4) is 0 Å². The zero-order chi connectivity index (χ0) is 10.1. The molecule has 5 heteroatoms. The molecular formula is C8H10N2O3. The second kappa shape index (κ2) is 3.10. The van der Waals surface area contributed by atoms with Crippen LogP contribution in [0, 0.1) is 15.5 Å². The number of nitro groups is 1. The fourth-order valence-corrected chi connectivity index (χ4v) is 1.10. The number of nitrogens with zero attached hydrogens (tertiary/aromatic N) is 1. The number of hydrogen-bond donors (Lipinski definition) is 1. The lowest BCUT2D eigenvalue weighted by molar-refractivity contribution is -0.420. The van der Waals surface area contributed by atoms with Crippen LogP contribution in [0.4, 0.5) is 0 Å². The van der Waals surface area contributed by atoms with Crippen LogP contribution in [0.5, 0.6) is 0 Å². The smallest absolute Gasteiger partial charge is 0.266 e. The first kappa shape index (κ1) is 9.60. The number of carbonyl (C=O) groups excluding carboxylic acids is 1. The molecule has 0 bridgehead atoms. The summed E-state index contributed by atoms with van der Waals surface area (Å²) in [4.78, 5) is 20.5. The summed E-state index contributed by atoms with van der Waals surface area (Å²) in [6.45, 7) is 1.57. The summed E-state index contributed by atoms with van der Waals surface area (Å²) in [5.74, 6) is 0. The summed E-state index contributed by atoms with van der Waals surface area (Å²) in [7, 11) is 0. The van der Waals surface area contributed by atoms with Crippen molar-refractivity contribution in [1.29, 1.82) is 0 Å². The lowest BCUT2D eigenvalue weighted by atomic mass is 9.80. The van der Waals surface area contributed by atoms with Gasteiger partial charge < -0.3 is 10.5 Å². The zero-order valence-corrected chi connectivity index (χ0v) is 7.14. The topological polar surface area (TPSA) is 86.2 Å². The van der Waals surface area contributed by atoms with Crippen LogP contribution in [-0.2, 0) is 4.79 Å². The van der Waals surface area contributed by atoms with Crippen molar-refractivity contribution in [3.05, 3.63) is 34.0 Å². The van der Waals surface area contributed by atoms with Crippen molar-refractivity contribution >= 4 is 6.29 Å². The Labute approximate surface area is 75.1 Å². The van der Waals surface area contributed by atoms with Gasteiger partial charge in [0.1, 0.15) is 6.29 Å². The van der Waals surface area contributed by atoms with Crippen molar-refractivity contribution in [2.45, 2.75) is 13.0 Å². The highest BCUT2D eigenvalue weighted by atomic mass is 16.6. The van der Waals surface area contributed by atoms with Gasteiger partial charge >= 0.3 is 0 Å².